The van der Waals surface area contributed by atoms with Crippen LogP contribution in [0.25, 0.3) is 22.6 Å². The largest absolute Gasteiger partial charge is 0.497 e. The molecule has 8 heteroatoms. The lowest BCUT2D eigenvalue weighted by atomic mass is 10.2. The molecule has 0 radical (unpaired) electrons. The van der Waals surface area contributed by atoms with E-state index in [1.54, 1.807) is 37.4 Å². The van der Waals surface area contributed by atoms with Crippen LogP contribution in [0.2, 0.25) is 10.0 Å². The maximum atomic E-state index is 12.3. The van der Waals surface area contributed by atoms with Gasteiger partial charge in [0.05, 0.1) is 12.1 Å². The lowest BCUT2D eigenvalue weighted by Crippen LogP contribution is -2.20. The minimum atomic E-state index is -0.332. The number of nitrogens with zero attached hydrogens (tertiary/aromatic N) is 1. The lowest BCUT2D eigenvalue weighted by Gasteiger charge is -2.11. The molecule has 1 heterocycles. The van der Waals surface area contributed by atoms with Crippen LogP contribution >= 0.6 is 23.2 Å². The van der Waals surface area contributed by atoms with Crippen LogP contribution in [0.4, 0.5) is 5.69 Å². The van der Waals surface area contributed by atoms with Crippen molar-refractivity contribution >= 4 is 45.9 Å². The first-order valence-electron chi connectivity index (χ1n) is 9.36. The molecule has 1 N–H and O–H groups in total. The number of halogens is 2. The highest BCUT2D eigenvalue weighted by molar-refractivity contribution is 6.35. The molecule has 1 aromatic heterocycles. The second-order valence-corrected chi connectivity index (χ2v) is 7.65. The Hall–Kier alpha value is -3.22. The van der Waals surface area contributed by atoms with Crippen molar-refractivity contribution in [1.82, 2.24) is 4.98 Å². The topological polar surface area (TPSA) is 73.6 Å². The molecule has 0 aliphatic rings. The smallest absolute Gasteiger partial charge is 0.262 e. The predicted octanol–water partition coefficient (Wildman–Crippen LogP) is 6.14. The minimum Gasteiger partial charge on any atom is -0.497 e. The highest BCUT2D eigenvalue weighted by Gasteiger charge is 2.13. The van der Waals surface area contributed by atoms with Crippen molar-refractivity contribution in [3.8, 4) is 23.0 Å². The standard InChI is InChI=1S/C23H18Cl2N2O4/c1-13-8-15(24)10-18(25)22(13)30-12-21(28)26-16-6-7-20-19(11-16)27-23(31-20)14-4-3-5-17(9-14)29-2/h3-11H,12H2,1-2H3,(H,26,28). The summed E-state index contributed by atoms with van der Waals surface area (Å²) in [5.74, 6) is 1.27. The van der Waals surface area contributed by atoms with Gasteiger partial charge in [0.2, 0.25) is 5.89 Å². The molecule has 0 bridgehead atoms. The van der Waals surface area contributed by atoms with Gasteiger partial charge in [0.15, 0.2) is 12.2 Å². The molecule has 0 saturated carbocycles. The van der Waals surface area contributed by atoms with Crippen LogP contribution in [0.15, 0.2) is 59.0 Å². The number of hydrogen-bond acceptors (Lipinski definition) is 5. The number of rotatable bonds is 6. The Bertz CT molecular complexity index is 1250. The summed E-state index contributed by atoms with van der Waals surface area (Å²) < 4.78 is 16.6. The normalized spacial score (nSPS) is 10.8. The number of aryl methyl sites for hydroxylation is 1. The van der Waals surface area contributed by atoms with Gasteiger partial charge in [-0.3, -0.25) is 4.79 Å². The summed E-state index contributed by atoms with van der Waals surface area (Å²) in [6.07, 6.45) is 0. The van der Waals surface area contributed by atoms with Crippen molar-refractivity contribution in [3.63, 3.8) is 0 Å². The molecule has 0 unspecified atom stereocenters. The van der Waals surface area contributed by atoms with Gasteiger partial charge >= 0.3 is 0 Å². The Labute approximate surface area is 188 Å². The maximum Gasteiger partial charge on any atom is 0.262 e. The van der Waals surface area contributed by atoms with Gasteiger partial charge in [-0.2, -0.15) is 0 Å². The van der Waals surface area contributed by atoms with Crippen LogP contribution in [0.1, 0.15) is 5.56 Å². The molecule has 158 valence electrons. The number of methoxy groups -OCH3 is 1. The summed E-state index contributed by atoms with van der Waals surface area (Å²) in [6, 6.07) is 16.0. The van der Waals surface area contributed by atoms with Crippen molar-refractivity contribution in [2.45, 2.75) is 6.92 Å². The number of oxazole rings is 1. The first-order chi connectivity index (χ1) is 14.9. The molecule has 4 rings (SSSR count). The number of benzene rings is 3. The molecular weight excluding hydrogens is 439 g/mol. The first kappa shape index (κ1) is 21.0. The van der Waals surface area contributed by atoms with Crippen LogP contribution in [-0.4, -0.2) is 24.6 Å². The summed E-state index contributed by atoms with van der Waals surface area (Å²) in [6.45, 7) is 1.61. The third kappa shape index (κ3) is 4.76. The zero-order valence-electron chi connectivity index (χ0n) is 16.7. The molecule has 0 aliphatic carbocycles. The maximum absolute atomic E-state index is 12.3. The average molecular weight is 457 g/mol. The first-order valence-corrected chi connectivity index (χ1v) is 10.1. The Morgan fingerprint density at radius 1 is 1.13 bits per heavy atom. The van der Waals surface area contributed by atoms with Gasteiger partial charge in [-0.05, 0) is 61.0 Å². The van der Waals surface area contributed by atoms with E-state index in [0.717, 1.165) is 11.1 Å². The summed E-state index contributed by atoms with van der Waals surface area (Å²) in [7, 11) is 1.60. The fourth-order valence-corrected chi connectivity index (χ4v) is 3.74. The zero-order chi connectivity index (χ0) is 22.0. The number of hydrogen-bond donors (Lipinski definition) is 1. The van der Waals surface area contributed by atoms with Crippen LogP contribution in [-0.2, 0) is 4.79 Å². The Morgan fingerprint density at radius 2 is 1.97 bits per heavy atom. The van der Waals surface area contributed by atoms with E-state index >= 15 is 0 Å². The molecule has 31 heavy (non-hydrogen) atoms. The SMILES string of the molecule is COc1cccc(-c2nc3cc(NC(=O)COc4c(C)cc(Cl)cc4Cl)ccc3o2)c1. The monoisotopic (exact) mass is 456 g/mol. The third-order valence-corrected chi connectivity index (χ3v) is 5.03. The van der Waals surface area contributed by atoms with E-state index in [2.05, 4.69) is 10.3 Å². The molecule has 3 aromatic carbocycles. The third-order valence-electron chi connectivity index (χ3n) is 4.53. The molecule has 6 nitrogen and oxygen atoms in total. The van der Waals surface area contributed by atoms with Gasteiger partial charge in [-0.1, -0.05) is 29.3 Å². The second-order valence-electron chi connectivity index (χ2n) is 6.80. The molecule has 0 atom stereocenters. The molecule has 0 spiro atoms. The van der Waals surface area contributed by atoms with Crippen molar-refractivity contribution in [2.24, 2.45) is 0 Å². The van der Waals surface area contributed by atoms with E-state index < -0.39 is 0 Å². The summed E-state index contributed by atoms with van der Waals surface area (Å²) in [5.41, 5.74) is 3.35. The van der Waals surface area contributed by atoms with Gasteiger partial charge in [0.1, 0.15) is 17.0 Å². The van der Waals surface area contributed by atoms with Crippen LogP contribution in [0, 0.1) is 6.92 Å². The zero-order valence-corrected chi connectivity index (χ0v) is 18.3. The Morgan fingerprint density at radius 3 is 2.74 bits per heavy atom. The molecule has 0 aliphatic heterocycles. The minimum absolute atomic E-state index is 0.200. The van der Waals surface area contributed by atoms with E-state index in [1.165, 1.54) is 0 Å². The van der Waals surface area contributed by atoms with Gasteiger partial charge in [0.25, 0.3) is 5.91 Å². The Kier molecular flexibility index (Phi) is 6.02. The predicted molar refractivity (Wildman–Crippen MR) is 121 cm³/mol. The highest BCUT2D eigenvalue weighted by Crippen LogP contribution is 2.32. The molecule has 1 amide bonds. The summed E-state index contributed by atoms with van der Waals surface area (Å²) in [5, 5.41) is 3.65. The highest BCUT2D eigenvalue weighted by atomic mass is 35.5. The quantitative estimate of drug-likeness (QED) is 0.377. The molecule has 0 saturated heterocycles. The fraction of sp³-hybridized carbons (Fsp3) is 0.130. The number of ether oxygens (including phenoxy) is 2. The number of anilines is 1. The van der Waals surface area contributed by atoms with E-state index in [9.17, 15) is 4.79 Å². The summed E-state index contributed by atoms with van der Waals surface area (Å²) in [4.78, 5) is 16.9. The number of aromatic nitrogens is 1. The van der Waals surface area contributed by atoms with Gasteiger partial charge in [0, 0.05) is 16.3 Å². The van der Waals surface area contributed by atoms with Crippen molar-refractivity contribution in [3.05, 3.63) is 70.2 Å². The number of nitrogens with one attached hydrogen (secondary N) is 1. The van der Waals surface area contributed by atoms with Gasteiger partial charge in [-0.25, -0.2) is 4.98 Å². The van der Waals surface area contributed by atoms with E-state index in [4.69, 9.17) is 37.1 Å². The van der Waals surface area contributed by atoms with E-state index in [-0.39, 0.29) is 12.5 Å². The van der Waals surface area contributed by atoms with Crippen molar-refractivity contribution in [2.75, 3.05) is 19.0 Å². The molecular formula is C23H18Cl2N2O4. The van der Waals surface area contributed by atoms with Crippen molar-refractivity contribution < 1.29 is 18.7 Å². The molecule has 0 fully saturated rings. The number of fused-ring (bicyclic) bond motifs is 1. The van der Waals surface area contributed by atoms with Crippen LogP contribution < -0.4 is 14.8 Å². The Balaban J connectivity index is 1.47. The van der Waals surface area contributed by atoms with Gasteiger partial charge in [-0.15, -0.1) is 0 Å². The molecule has 4 aromatic rings. The van der Waals surface area contributed by atoms with Crippen LogP contribution in [0.3, 0.4) is 0 Å². The fourth-order valence-electron chi connectivity index (χ4n) is 3.09. The number of carbonyl (C=O) groups is 1. The average Bonchev–Trinajstić information content (AvgIpc) is 3.16. The second kappa shape index (κ2) is 8.88. The van der Waals surface area contributed by atoms with E-state index in [0.29, 0.717) is 44.2 Å². The van der Waals surface area contributed by atoms with E-state index in [1.807, 2.05) is 31.2 Å². The van der Waals surface area contributed by atoms with Crippen molar-refractivity contribution in [1.29, 1.82) is 0 Å². The summed E-state index contributed by atoms with van der Waals surface area (Å²) >= 11 is 12.1. The lowest BCUT2D eigenvalue weighted by molar-refractivity contribution is -0.118. The van der Waals surface area contributed by atoms with Crippen LogP contribution in [0.5, 0.6) is 11.5 Å². The van der Waals surface area contributed by atoms with Gasteiger partial charge < -0.3 is 19.2 Å². The number of amides is 1. The number of carbonyl (C=O) groups excluding carboxylic acids is 1.